The molecule has 1 aliphatic rings. The predicted octanol–water partition coefficient (Wildman–Crippen LogP) is 3.47. The van der Waals surface area contributed by atoms with Crippen LogP contribution in [-0.4, -0.2) is 48.1 Å². The molecule has 0 atom stereocenters. The number of hydrogen-bond donors (Lipinski definition) is 2. The van der Waals surface area contributed by atoms with Crippen LogP contribution in [0.25, 0.3) is 11.3 Å². The quantitative estimate of drug-likeness (QED) is 0.816. The van der Waals surface area contributed by atoms with E-state index >= 15 is 0 Å². The minimum absolute atomic E-state index is 0.540. The van der Waals surface area contributed by atoms with E-state index in [0.717, 1.165) is 30.2 Å². The van der Waals surface area contributed by atoms with Gasteiger partial charge in [-0.3, -0.25) is 0 Å². The molecule has 0 saturated heterocycles. The Kier molecular flexibility index (Phi) is 5.64. The molecule has 1 aromatic carbocycles. The summed E-state index contributed by atoms with van der Waals surface area (Å²) < 4.78 is 0. The first-order valence-electron chi connectivity index (χ1n) is 8.80. The highest BCUT2D eigenvalue weighted by Gasteiger charge is 2.16. The smallest absolute Gasteiger partial charge is 0.225 e. The minimum atomic E-state index is 0.540. The van der Waals surface area contributed by atoms with E-state index in [4.69, 9.17) is 4.98 Å². The van der Waals surface area contributed by atoms with Crippen molar-refractivity contribution in [1.29, 1.82) is 0 Å². The molecular weight excluding hydrogens is 298 g/mol. The van der Waals surface area contributed by atoms with Gasteiger partial charge in [-0.15, -0.1) is 0 Å². The summed E-state index contributed by atoms with van der Waals surface area (Å²) >= 11 is 0. The molecule has 3 rings (SSSR count). The van der Waals surface area contributed by atoms with E-state index in [2.05, 4.69) is 52.8 Å². The molecule has 0 radical (unpaired) electrons. The van der Waals surface area contributed by atoms with Crippen LogP contribution in [0.5, 0.6) is 0 Å². The van der Waals surface area contributed by atoms with E-state index < -0.39 is 0 Å². The molecule has 24 heavy (non-hydrogen) atoms. The molecule has 0 unspecified atom stereocenters. The molecule has 2 aromatic rings. The number of rotatable bonds is 7. The molecular formula is C19H27N5. The number of nitrogens with zero attached hydrogens (tertiary/aromatic N) is 3. The van der Waals surface area contributed by atoms with Crippen LogP contribution < -0.4 is 10.6 Å². The zero-order valence-electron chi connectivity index (χ0n) is 14.6. The molecule has 1 aliphatic carbocycles. The molecule has 0 amide bonds. The summed E-state index contributed by atoms with van der Waals surface area (Å²) in [7, 11) is 4.13. The molecule has 2 N–H and O–H groups in total. The largest absolute Gasteiger partial charge is 0.367 e. The Balaban J connectivity index is 1.81. The lowest BCUT2D eigenvalue weighted by Gasteiger charge is -2.16. The van der Waals surface area contributed by atoms with Crippen LogP contribution in [0.1, 0.15) is 25.7 Å². The van der Waals surface area contributed by atoms with Gasteiger partial charge in [0, 0.05) is 30.8 Å². The summed E-state index contributed by atoms with van der Waals surface area (Å²) in [5.41, 5.74) is 2.07. The van der Waals surface area contributed by atoms with Crippen molar-refractivity contribution >= 4 is 11.8 Å². The first-order valence-corrected chi connectivity index (χ1v) is 8.80. The zero-order valence-corrected chi connectivity index (χ0v) is 14.6. The van der Waals surface area contributed by atoms with Crippen molar-refractivity contribution in [1.82, 2.24) is 14.9 Å². The van der Waals surface area contributed by atoms with E-state index in [9.17, 15) is 0 Å². The molecule has 1 fully saturated rings. The van der Waals surface area contributed by atoms with Crippen LogP contribution in [0.3, 0.4) is 0 Å². The third-order valence-corrected chi connectivity index (χ3v) is 4.35. The van der Waals surface area contributed by atoms with Gasteiger partial charge in [0.05, 0.1) is 5.69 Å². The van der Waals surface area contributed by atoms with Gasteiger partial charge < -0.3 is 15.5 Å². The molecule has 5 heteroatoms. The second-order valence-corrected chi connectivity index (χ2v) is 6.68. The average Bonchev–Trinajstić information content (AvgIpc) is 3.08. The van der Waals surface area contributed by atoms with Crippen molar-refractivity contribution in [2.75, 3.05) is 37.8 Å². The maximum Gasteiger partial charge on any atom is 0.225 e. The van der Waals surface area contributed by atoms with Gasteiger partial charge in [0.25, 0.3) is 0 Å². The number of aromatic nitrogens is 2. The maximum atomic E-state index is 4.69. The van der Waals surface area contributed by atoms with Crippen molar-refractivity contribution in [2.45, 2.75) is 31.7 Å². The zero-order chi connectivity index (χ0) is 16.8. The molecule has 1 heterocycles. The third-order valence-electron chi connectivity index (χ3n) is 4.35. The Morgan fingerprint density at radius 2 is 1.83 bits per heavy atom. The molecule has 0 bridgehead atoms. The highest BCUT2D eigenvalue weighted by Crippen LogP contribution is 2.25. The SMILES string of the molecule is CN(C)CCNc1nc(NC2CCCC2)cc(-c2ccccc2)n1. The maximum absolute atomic E-state index is 4.69. The Hall–Kier alpha value is -2.14. The fourth-order valence-electron chi connectivity index (χ4n) is 3.03. The standard InChI is InChI=1S/C19H27N5/c1-24(2)13-12-20-19-22-17(15-8-4-3-5-9-15)14-18(23-19)21-16-10-6-7-11-16/h3-5,8-9,14,16H,6-7,10-13H2,1-2H3,(H2,20,21,22,23). The van der Waals surface area contributed by atoms with Crippen LogP contribution in [0, 0.1) is 0 Å². The second kappa shape index (κ2) is 8.11. The van der Waals surface area contributed by atoms with Gasteiger partial charge in [0.2, 0.25) is 5.95 Å². The Labute approximate surface area is 144 Å². The summed E-state index contributed by atoms with van der Waals surface area (Å²) in [5.74, 6) is 1.61. The first kappa shape index (κ1) is 16.7. The van der Waals surface area contributed by atoms with Crippen molar-refractivity contribution in [2.24, 2.45) is 0 Å². The second-order valence-electron chi connectivity index (χ2n) is 6.68. The third kappa shape index (κ3) is 4.68. The lowest BCUT2D eigenvalue weighted by molar-refractivity contribution is 0.425. The number of likely N-dealkylation sites (N-methyl/N-ethyl adjacent to an activating group) is 1. The molecule has 5 nitrogen and oxygen atoms in total. The van der Waals surface area contributed by atoms with Gasteiger partial charge in [0.1, 0.15) is 5.82 Å². The number of hydrogen-bond acceptors (Lipinski definition) is 5. The lowest BCUT2D eigenvalue weighted by Crippen LogP contribution is -2.22. The fraction of sp³-hybridized carbons (Fsp3) is 0.474. The molecule has 1 aromatic heterocycles. The molecule has 1 saturated carbocycles. The summed E-state index contributed by atoms with van der Waals surface area (Å²) in [4.78, 5) is 11.5. The van der Waals surface area contributed by atoms with E-state index in [0.29, 0.717) is 12.0 Å². The van der Waals surface area contributed by atoms with Gasteiger partial charge in [-0.25, -0.2) is 4.98 Å². The first-order chi connectivity index (χ1) is 11.7. The summed E-state index contributed by atoms with van der Waals surface area (Å²) in [6, 6.07) is 12.9. The Bertz CT molecular complexity index is 635. The van der Waals surface area contributed by atoms with E-state index in [1.54, 1.807) is 0 Å². The lowest BCUT2D eigenvalue weighted by atomic mass is 10.1. The average molecular weight is 325 g/mol. The van der Waals surface area contributed by atoms with Crippen molar-refractivity contribution in [3.8, 4) is 11.3 Å². The highest BCUT2D eigenvalue weighted by molar-refractivity contribution is 5.64. The van der Waals surface area contributed by atoms with Gasteiger partial charge in [-0.2, -0.15) is 4.98 Å². The predicted molar refractivity (Wildman–Crippen MR) is 100 cm³/mol. The van der Waals surface area contributed by atoms with Gasteiger partial charge in [-0.1, -0.05) is 43.2 Å². The summed E-state index contributed by atoms with van der Waals surface area (Å²) in [5, 5.41) is 6.94. The van der Waals surface area contributed by atoms with E-state index in [1.807, 2.05) is 18.2 Å². The van der Waals surface area contributed by atoms with E-state index in [1.165, 1.54) is 25.7 Å². The summed E-state index contributed by atoms with van der Waals surface area (Å²) in [6.07, 6.45) is 5.08. The monoisotopic (exact) mass is 325 g/mol. The van der Waals surface area contributed by atoms with Gasteiger partial charge >= 0.3 is 0 Å². The topological polar surface area (TPSA) is 53.1 Å². The highest BCUT2D eigenvalue weighted by atomic mass is 15.2. The summed E-state index contributed by atoms with van der Waals surface area (Å²) in [6.45, 7) is 1.78. The van der Waals surface area contributed by atoms with Crippen molar-refractivity contribution in [3.63, 3.8) is 0 Å². The van der Waals surface area contributed by atoms with Crippen molar-refractivity contribution in [3.05, 3.63) is 36.4 Å². The van der Waals surface area contributed by atoms with Crippen LogP contribution in [-0.2, 0) is 0 Å². The molecule has 0 spiro atoms. The number of nitrogens with one attached hydrogen (secondary N) is 2. The van der Waals surface area contributed by atoms with Crippen LogP contribution in [0.15, 0.2) is 36.4 Å². The Morgan fingerprint density at radius 3 is 2.54 bits per heavy atom. The van der Waals surface area contributed by atoms with Gasteiger partial charge in [0.15, 0.2) is 0 Å². The normalized spacial score (nSPS) is 15.0. The minimum Gasteiger partial charge on any atom is -0.367 e. The number of benzene rings is 1. The van der Waals surface area contributed by atoms with Gasteiger partial charge in [-0.05, 0) is 26.9 Å². The van der Waals surface area contributed by atoms with E-state index in [-0.39, 0.29) is 0 Å². The van der Waals surface area contributed by atoms with Crippen LogP contribution >= 0.6 is 0 Å². The molecule has 128 valence electrons. The van der Waals surface area contributed by atoms with Crippen molar-refractivity contribution < 1.29 is 0 Å². The van der Waals surface area contributed by atoms with Crippen LogP contribution in [0.2, 0.25) is 0 Å². The fourth-order valence-corrected chi connectivity index (χ4v) is 3.03. The molecule has 0 aliphatic heterocycles. The van der Waals surface area contributed by atoms with Crippen LogP contribution in [0.4, 0.5) is 11.8 Å². The Morgan fingerprint density at radius 1 is 1.08 bits per heavy atom. The number of anilines is 2.